The van der Waals surface area contributed by atoms with Gasteiger partial charge >= 0.3 is 5.69 Å². The van der Waals surface area contributed by atoms with Crippen molar-refractivity contribution >= 4 is 21.6 Å². The minimum Gasteiger partial charge on any atom is -0.450 e. The van der Waals surface area contributed by atoms with Gasteiger partial charge in [-0.05, 0) is 29.8 Å². The van der Waals surface area contributed by atoms with Crippen LogP contribution in [0.5, 0.6) is 11.5 Å². The SMILES string of the molecule is NCc1ccc(Oc2ccc(Br)cc2[N+](=O)[O-])cc1. The molecule has 0 spiro atoms. The highest BCUT2D eigenvalue weighted by molar-refractivity contribution is 9.10. The standard InChI is InChI=1S/C13H11BrN2O3/c14-10-3-6-13(12(7-10)16(17)18)19-11-4-1-9(8-15)2-5-11/h1-7H,8,15H2. The molecule has 5 nitrogen and oxygen atoms in total. The molecule has 2 aromatic rings. The van der Waals surface area contributed by atoms with Crippen molar-refractivity contribution in [2.24, 2.45) is 5.73 Å². The maximum Gasteiger partial charge on any atom is 0.312 e. The van der Waals surface area contributed by atoms with E-state index in [1.807, 2.05) is 12.1 Å². The maximum absolute atomic E-state index is 11.0. The second-order valence-electron chi connectivity index (χ2n) is 3.82. The zero-order valence-corrected chi connectivity index (χ0v) is 11.5. The van der Waals surface area contributed by atoms with E-state index in [2.05, 4.69) is 15.9 Å². The fraction of sp³-hybridized carbons (Fsp3) is 0.0769. The fourth-order valence-corrected chi connectivity index (χ4v) is 1.89. The van der Waals surface area contributed by atoms with Gasteiger partial charge in [0, 0.05) is 17.1 Å². The molecular weight excluding hydrogens is 312 g/mol. The van der Waals surface area contributed by atoms with Crippen LogP contribution < -0.4 is 10.5 Å². The molecule has 2 aromatic carbocycles. The lowest BCUT2D eigenvalue weighted by atomic mass is 10.2. The van der Waals surface area contributed by atoms with Crippen molar-refractivity contribution in [1.82, 2.24) is 0 Å². The molecule has 2 rings (SSSR count). The third-order valence-corrected chi connectivity index (χ3v) is 3.00. The first-order valence-electron chi connectivity index (χ1n) is 5.51. The third kappa shape index (κ3) is 3.30. The molecule has 0 radical (unpaired) electrons. The highest BCUT2D eigenvalue weighted by Crippen LogP contribution is 2.33. The number of halogens is 1. The molecular formula is C13H11BrN2O3. The molecule has 0 aliphatic carbocycles. The van der Waals surface area contributed by atoms with Crippen molar-refractivity contribution < 1.29 is 9.66 Å². The van der Waals surface area contributed by atoms with E-state index in [1.165, 1.54) is 6.07 Å². The summed E-state index contributed by atoms with van der Waals surface area (Å²) in [6, 6.07) is 11.8. The summed E-state index contributed by atoms with van der Waals surface area (Å²) >= 11 is 3.20. The quantitative estimate of drug-likeness (QED) is 0.689. The molecule has 0 saturated heterocycles. The molecule has 98 valence electrons. The Kier molecular flexibility index (Phi) is 4.13. The van der Waals surface area contributed by atoms with Gasteiger partial charge < -0.3 is 10.5 Å². The maximum atomic E-state index is 11.0. The van der Waals surface area contributed by atoms with Crippen molar-refractivity contribution in [3.8, 4) is 11.5 Å². The van der Waals surface area contributed by atoms with E-state index in [4.69, 9.17) is 10.5 Å². The Hall–Kier alpha value is -1.92. The average molecular weight is 323 g/mol. The lowest BCUT2D eigenvalue weighted by molar-refractivity contribution is -0.385. The monoisotopic (exact) mass is 322 g/mol. The van der Waals surface area contributed by atoms with Crippen LogP contribution in [0, 0.1) is 10.1 Å². The van der Waals surface area contributed by atoms with Gasteiger partial charge in [0.15, 0.2) is 0 Å². The van der Waals surface area contributed by atoms with E-state index in [0.717, 1.165) is 5.56 Å². The van der Waals surface area contributed by atoms with Gasteiger partial charge in [0.25, 0.3) is 0 Å². The van der Waals surface area contributed by atoms with Crippen molar-refractivity contribution in [1.29, 1.82) is 0 Å². The van der Waals surface area contributed by atoms with Gasteiger partial charge in [-0.2, -0.15) is 0 Å². The van der Waals surface area contributed by atoms with Gasteiger partial charge in [-0.25, -0.2) is 0 Å². The Morgan fingerprint density at radius 2 is 1.89 bits per heavy atom. The normalized spacial score (nSPS) is 10.2. The van der Waals surface area contributed by atoms with Gasteiger partial charge in [0.05, 0.1) is 4.92 Å². The number of nitro benzene ring substituents is 1. The summed E-state index contributed by atoms with van der Waals surface area (Å²) in [5, 5.41) is 11.0. The minimum absolute atomic E-state index is 0.0859. The Labute approximate surface area is 118 Å². The van der Waals surface area contributed by atoms with E-state index in [-0.39, 0.29) is 11.4 Å². The Balaban J connectivity index is 2.29. The van der Waals surface area contributed by atoms with Crippen LogP contribution in [0.3, 0.4) is 0 Å². The molecule has 0 unspecified atom stereocenters. The Morgan fingerprint density at radius 3 is 2.47 bits per heavy atom. The molecule has 0 heterocycles. The van der Waals surface area contributed by atoms with Gasteiger partial charge in [0.1, 0.15) is 5.75 Å². The van der Waals surface area contributed by atoms with Crippen LogP contribution in [0.4, 0.5) is 5.69 Å². The Bertz CT molecular complexity index is 599. The third-order valence-electron chi connectivity index (χ3n) is 2.50. The van der Waals surface area contributed by atoms with Crippen LogP contribution in [-0.2, 0) is 6.54 Å². The number of benzene rings is 2. The minimum atomic E-state index is -0.478. The van der Waals surface area contributed by atoms with Crippen LogP contribution in [0.1, 0.15) is 5.56 Å². The number of hydrogen-bond acceptors (Lipinski definition) is 4. The van der Waals surface area contributed by atoms with Gasteiger partial charge in [-0.1, -0.05) is 28.1 Å². The zero-order valence-electron chi connectivity index (χ0n) is 9.88. The molecule has 0 bridgehead atoms. The molecule has 0 saturated carbocycles. The predicted octanol–water partition coefficient (Wildman–Crippen LogP) is 3.61. The molecule has 0 fully saturated rings. The van der Waals surface area contributed by atoms with Gasteiger partial charge in [0.2, 0.25) is 5.75 Å². The van der Waals surface area contributed by atoms with E-state index in [9.17, 15) is 10.1 Å². The topological polar surface area (TPSA) is 78.4 Å². The molecule has 19 heavy (non-hydrogen) atoms. The lowest BCUT2D eigenvalue weighted by Gasteiger charge is -2.07. The first-order chi connectivity index (χ1) is 9.10. The van der Waals surface area contributed by atoms with Crippen LogP contribution in [0.25, 0.3) is 0 Å². The molecule has 0 aliphatic heterocycles. The number of hydrogen-bond donors (Lipinski definition) is 1. The van der Waals surface area contributed by atoms with E-state index >= 15 is 0 Å². The number of rotatable bonds is 4. The molecule has 6 heteroatoms. The second-order valence-corrected chi connectivity index (χ2v) is 4.73. The Morgan fingerprint density at radius 1 is 1.21 bits per heavy atom. The molecule has 0 atom stereocenters. The first-order valence-corrected chi connectivity index (χ1v) is 6.30. The van der Waals surface area contributed by atoms with Crippen molar-refractivity contribution in [3.63, 3.8) is 0 Å². The van der Waals surface area contributed by atoms with Crippen LogP contribution in [0.15, 0.2) is 46.9 Å². The number of nitrogens with zero attached hydrogens (tertiary/aromatic N) is 1. The highest BCUT2D eigenvalue weighted by Gasteiger charge is 2.16. The predicted molar refractivity (Wildman–Crippen MR) is 75.2 cm³/mol. The van der Waals surface area contributed by atoms with Crippen molar-refractivity contribution in [2.45, 2.75) is 6.54 Å². The largest absolute Gasteiger partial charge is 0.450 e. The smallest absolute Gasteiger partial charge is 0.312 e. The molecule has 0 amide bonds. The van der Waals surface area contributed by atoms with Gasteiger partial charge in [-0.15, -0.1) is 0 Å². The summed E-state index contributed by atoms with van der Waals surface area (Å²) in [6.07, 6.45) is 0. The summed E-state index contributed by atoms with van der Waals surface area (Å²) in [7, 11) is 0. The first kappa shape index (κ1) is 13.5. The summed E-state index contributed by atoms with van der Waals surface area (Å²) in [5.74, 6) is 0.733. The van der Waals surface area contributed by atoms with Crippen molar-refractivity contribution in [2.75, 3.05) is 0 Å². The van der Waals surface area contributed by atoms with Crippen LogP contribution in [0.2, 0.25) is 0 Å². The summed E-state index contributed by atoms with van der Waals surface area (Å²) in [6.45, 7) is 0.443. The fourth-order valence-electron chi connectivity index (χ4n) is 1.54. The number of nitrogens with two attached hydrogens (primary N) is 1. The average Bonchev–Trinajstić information content (AvgIpc) is 2.41. The molecule has 2 N–H and O–H groups in total. The lowest BCUT2D eigenvalue weighted by Crippen LogP contribution is -1.96. The van der Waals surface area contributed by atoms with Crippen molar-refractivity contribution in [3.05, 3.63) is 62.6 Å². The summed E-state index contributed by atoms with van der Waals surface area (Å²) in [4.78, 5) is 10.5. The number of nitro groups is 1. The molecule has 0 aliphatic rings. The van der Waals surface area contributed by atoms with E-state index in [0.29, 0.717) is 16.8 Å². The van der Waals surface area contributed by atoms with Crippen LogP contribution in [-0.4, -0.2) is 4.92 Å². The second kappa shape index (κ2) is 5.81. The summed E-state index contributed by atoms with van der Waals surface area (Å²) in [5.41, 5.74) is 6.38. The zero-order chi connectivity index (χ0) is 13.8. The number of ether oxygens (including phenoxy) is 1. The van der Waals surface area contributed by atoms with Crippen LogP contribution >= 0.6 is 15.9 Å². The highest BCUT2D eigenvalue weighted by atomic mass is 79.9. The van der Waals surface area contributed by atoms with E-state index in [1.54, 1.807) is 24.3 Å². The molecule has 0 aromatic heterocycles. The summed E-state index contributed by atoms with van der Waals surface area (Å²) < 4.78 is 6.15. The van der Waals surface area contributed by atoms with E-state index < -0.39 is 4.92 Å². The van der Waals surface area contributed by atoms with Gasteiger partial charge in [-0.3, -0.25) is 10.1 Å².